The molecule has 0 spiro atoms. The zero-order valence-corrected chi connectivity index (χ0v) is 10.4. The predicted octanol–water partition coefficient (Wildman–Crippen LogP) is 3.81. The zero-order chi connectivity index (χ0) is 12.3. The van der Waals surface area contributed by atoms with Gasteiger partial charge in [-0.05, 0) is 29.8 Å². The van der Waals surface area contributed by atoms with Crippen molar-refractivity contribution in [3.63, 3.8) is 0 Å². The highest BCUT2D eigenvalue weighted by molar-refractivity contribution is 6.35. The maximum absolute atomic E-state index is 12.0. The lowest BCUT2D eigenvalue weighted by atomic mass is 10.0. The van der Waals surface area contributed by atoms with Crippen molar-refractivity contribution in [2.24, 2.45) is 0 Å². The Bertz CT molecular complexity index is 520. The minimum atomic E-state index is -0.0256. The number of benzene rings is 1. The number of nitrogens with zero attached hydrogens (tertiary/aromatic N) is 1. The van der Waals surface area contributed by atoms with Crippen LogP contribution < -0.4 is 0 Å². The Labute approximate surface area is 109 Å². The van der Waals surface area contributed by atoms with Gasteiger partial charge in [-0.15, -0.1) is 0 Å². The number of hydrogen-bond donors (Lipinski definition) is 0. The molecular formula is C13H9Cl2NO. The number of ketones is 1. The minimum Gasteiger partial charge on any atom is -0.294 e. The molecule has 0 amide bonds. The van der Waals surface area contributed by atoms with Crippen LogP contribution in [-0.4, -0.2) is 10.8 Å². The van der Waals surface area contributed by atoms with Crippen LogP contribution in [0.2, 0.25) is 10.0 Å². The highest BCUT2D eigenvalue weighted by Crippen LogP contribution is 2.20. The molecule has 1 aromatic heterocycles. The van der Waals surface area contributed by atoms with Crippen LogP contribution in [0.5, 0.6) is 0 Å². The van der Waals surface area contributed by atoms with E-state index in [4.69, 9.17) is 23.2 Å². The first kappa shape index (κ1) is 12.1. The SMILES string of the molecule is O=C(Cc1cccnc1)c1cc(Cl)cc(Cl)c1. The van der Waals surface area contributed by atoms with E-state index in [0.29, 0.717) is 22.0 Å². The van der Waals surface area contributed by atoms with Gasteiger partial charge in [0.1, 0.15) is 0 Å². The molecule has 2 aromatic rings. The number of hydrogen-bond acceptors (Lipinski definition) is 2. The second-order valence-corrected chi connectivity index (χ2v) is 4.49. The molecule has 1 heterocycles. The van der Waals surface area contributed by atoms with Gasteiger partial charge in [-0.3, -0.25) is 9.78 Å². The molecule has 0 atom stereocenters. The highest BCUT2D eigenvalue weighted by Gasteiger charge is 2.09. The van der Waals surface area contributed by atoms with Crippen molar-refractivity contribution in [1.29, 1.82) is 0 Å². The van der Waals surface area contributed by atoms with E-state index in [1.165, 1.54) is 0 Å². The van der Waals surface area contributed by atoms with Gasteiger partial charge in [0.25, 0.3) is 0 Å². The van der Waals surface area contributed by atoms with Crippen LogP contribution in [0, 0.1) is 0 Å². The van der Waals surface area contributed by atoms with Crippen LogP contribution in [0.25, 0.3) is 0 Å². The average molecular weight is 266 g/mol. The van der Waals surface area contributed by atoms with Crippen molar-refractivity contribution in [3.05, 3.63) is 63.9 Å². The van der Waals surface area contributed by atoms with Crippen LogP contribution in [0.3, 0.4) is 0 Å². The first-order valence-corrected chi connectivity index (χ1v) is 5.79. The Hall–Kier alpha value is -1.38. The third kappa shape index (κ3) is 3.29. The van der Waals surface area contributed by atoms with Crippen molar-refractivity contribution in [2.45, 2.75) is 6.42 Å². The molecule has 2 rings (SSSR count). The summed E-state index contributed by atoms with van der Waals surface area (Å²) in [6.07, 6.45) is 3.64. The first-order chi connectivity index (χ1) is 8.15. The lowest BCUT2D eigenvalue weighted by molar-refractivity contribution is 0.0993. The summed E-state index contributed by atoms with van der Waals surface area (Å²) in [5.41, 5.74) is 1.39. The molecule has 0 aliphatic heterocycles. The van der Waals surface area contributed by atoms with Crippen LogP contribution in [0.4, 0.5) is 0 Å². The Morgan fingerprint density at radius 2 is 1.88 bits per heavy atom. The van der Waals surface area contributed by atoms with Crippen molar-refractivity contribution in [3.8, 4) is 0 Å². The number of aromatic nitrogens is 1. The number of rotatable bonds is 3. The minimum absolute atomic E-state index is 0.0256. The van der Waals surface area contributed by atoms with Gasteiger partial charge in [-0.25, -0.2) is 0 Å². The van der Waals surface area contributed by atoms with Gasteiger partial charge in [0.2, 0.25) is 0 Å². The normalized spacial score (nSPS) is 10.2. The molecule has 0 radical (unpaired) electrons. The largest absolute Gasteiger partial charge is 0.294 e. The highest BCUT2D eigenvalue weighted by atomic mass is 35.5. The lowest BCUT2D eigenvalue weighted by Gasteiger charge is -2.02. The van der Waals surface area contributed by atoms with Gasteiger partial charge < -0.3 is 0 Å². The molecule has 0 fully saturated rings. The van der Waals surface area contributed by atoms with E-state index in [1.807, 2.05) is 6.07 Å². The van der Waals surface area contributed by atoms with E-state index >= 15 is 0 Å². The van der Waals surface area contributed by atoms with E-state index in [9.17, 15) is 4.79 Å². The fraction of sp³-hybridized carbons (Fsp3) is 0.0769. The summed E-state index contributed by atoms with van der Waals surface area (Å²) in [6.45, 7) is 0. The maximum atomic E-state index is 12.0. The summed E-state index contributed by atoms with van der Waals surface area (Å²) in [6, 6.07) is 8.49. The standard InChI is InChI=1S/C13H9Cl2NO/c14-11-5-10(6-12(15)7-11)13(17)4-9-2-1-3-16-8-9/h1-3,5-8H,4H2. The summed E-state index contributed by atoms with van der Waals surface area (Å²) in [7, 11) is 0. The van der Waals surface area contributed by atoms with Gasteiger partial charge in [0.05, 0.1) is 0 Å². The van der Waals surface area contributed by atoms with E-state index in [2.05, 4.69) is 4.98 Å². The van der Waals surface area contributed by atoms with Gasteiger partial charge in [-0.1, -0.05) is 29.3 Å². The fourth-order valence-electron chi connectivity index (χ4n) is 1.50. The van der Waals surface area contributed by atoms with E-state index in [1.54, 1.807) is 36.7 Å². The smallest absolute Gasteiger partial charge is 0.167 e. The second kappa shape index (κ2) is 5.30. The Balaban J connectivity index is 2.20. The molecule has 0 unspecified atom stereocenters. The molecule has 0 saturated carbocycles. The number of halogens is 2. The molecule has 4 heteroatoms. The zero-order valence-electron chi connectivity index (χ0n) is 8.86. The number of carbonyl (C=O) groups is 1. The quantitative estimate of drug-likeness (QED) is 0.790. The van der Waals surface area contributed by atoms with Crippen molar-refractivity contribution < 1.29 is 4.79 Å². The number of pyridine rings is 1. The van der Waals surface area contributed by atoms with Gasteiger partial charge in [0.15, 0.2) is 5.78 Å². The molecule has 0 saturated heterocycles. The van der Waals surface area contributed by atoms with Crippen LogP contribution in [0.15, 0.2) is 42.7 Å². The molecule has 0 aliphatic rings. The summed E-state index contributed by atoms with van der Waals surface area (Å²) in [5.74, 6) is -0.0256. The molecule has 0 N–H and O–H groups in total. The van der Waals surface area contributed by atoms with Crippen LogP contribution in [-0.2, 0) is 6.42 Å². The average Bonchev–Trinajstić information content (AvgIpc) is 2.29. The third-order valence-electron chi connectivity index (χ3n) is 2.27. The van der Waals surface area contributed by atoms with Gasteiger partial charge in [-0.2, -0.15) is 0 Å². The molecule has 0 bridgehead atoms. The third-order valence-corrected chi connectivity index (χ3v) is 2.71. The molecule has 86 valence electrons. The van der Waals surface area contributed by atoms with Crippen LogP contribution >= 0.6 is 23.2 Å². The van der Waals surface area contributed by atoms with E-state index in [0.717, 1.165) is 5.56 Å². The maximum Gasteiger partial charge on any atom is 0.167 e. The van der Waals surface area contributed by atoms with Gasteiger partial charge >= 0.3 is 0 Å². The van der Waals surface area contributed by atoms with Gasteiger partial charge in [0, 0.05) is 34.4 Å². The predicted molar refractivity (Wildman–Crippen MR) is 68.7 cm³/mol. The molecule has 1 aromatic carbocycles. The number of Topliss-reactive ketones (excluding diaryl/α,β-unsaturated/α-hetero) is 1. The fourth-order valence-corrected chi connectivity index (χ4v) is 2.03. The number of carbonyl (C=O) groups excluding carboxylic acids is 1. The molecule has 17 heavy (non-hydrogen) atoms. The molecule has 0 aliphatic carbocycles. The lowest BCUT2D eigenvalue weighted by Crippen LogP contribution is -2.03. The van der Waals surface area contributed by atoms with E-state index in [-0.39, 0.29) is 5.78 Å². The van der Waals surface area contributed by atoms with Crippen LogP contribution in [0.1, 0.15) is 15.9 Å². The Morgan fingerprint density at radius 1 is 1.18 bits per heavy atom. The summed E-state index contributed by atoms with van der Waals surface area (Å²) >= 11 is 11.7. The van der Waals surface area contributed by atoms with Crippen molar-refractivity contribution in [1.82, 2.24) is 4.98 Å². The summed E-state index contributed by atoms with van der Waals surface area (Å²) in [5, 5.41) is 0.930. The second-order valence-electron chi connectivity index (χ2n) is 3.62. The monoisotopic (exact) mass is 265 g/mol. The van der Waals surface area contributed by atoms with E-state index < -0.39 is 0 Å². The molecule has 2 nitrogen and oxygen atoms in total. The molecular weight excluding hydrogens is 257 g/mol. The first-order valence-electron chi connectivity index (χ1n) is 5.03. The Morgan fingerprint density at radius 3 is 2.47 bits per heavy atom. The summed E-state index contributed by atoms with van der Waals surface area (Å²) < 4.78 is 0. The Kier molecular flexibility index (Phi) is 3.77. The van der Waals surface area contributed by atoms with Crippen molar-refractivity contribution >= 4 is 29.0 Å². The topological polar surface area (TPSA) is 30.0 Å². The summed E-state index contributed by atoms with van der Waals surface area (Å²) in [4.78, 5) is 15.9. The van der Waals surface area contributed by atoms with Crippen molar-refractivity contribution in [2.75, 3.05) is 0 Å².